The third-order valence-corrected chi connectivity index (χ3v) is 10.6. The van der Waals surface area contributed by atoms with Gasteiger partial charge in [0.2, 0.25) is 0 Å². The molecule has 0 saturated carbocycles. The quantitative estimate of drug-likeness (QED) is 0.738. The predicted octanol–water partition coefficient (Wildman–Crippen LogP) is 2.59. The topological polar surface area (TPSA) is 17.8 Å². The van der Waals surface area contributed by atoms with E-state index in [1.54, 1.807) is 5.32 Å². The average molecular weight is 297 g/mol. The smallest absolute Gasteiger partial charge is 0.116 e. The first-order chi connectivity index (χ1) is 8.90. The molecular formula is C15H32N2Si2. The molecule has 1 aromatic rings. The highest BCUT2D eigenvalue weighted by Crippen LogP contribution is 2.14. The maximum atomic E-state index is 4.90. The highest BCUT2D eigenvalue weighted by Gasteiger charge is 2.28. The monoisotopic (exact) mass is 296 g/mol. The van der Waals surface area contributed by atoms with Gasteiger partial charge in [0.15, 0.2) is 0 Å². The molecule has 110 valence electrons. The van der Waals surface area contributed by atoms with Crippen LogP contribution in [0.3, 0.4) is 0 Å². The van der Waals surface area contributed by atoms with Gasteiger partial charge in [-0.3, -0.25) is 0 Å². The van der Waals surface area contributed by atoms with Crippen LogP contribution in [0.2, 0.25) is 24.2 Å². The van der Waals surface area contributed by atoms with Crippen LogP contribution in [-0.2, 0) is 5.54 Å². The second-order valence-electron chi connectivity index (χ2n) is 6.57. The Morgan fingerprint density at radius 3 is 1.79 bits per heavy atom. The SMILES string of the molecule is CC[SiH](CC)c1cnc([SiH](CC)CC)n1C(C)(C)C. The molecule has 0 unspecified atom stereocenters. The largest absolute Gasteiger partial charge is 0.335 e. The number of hydrogen-bond donors (Lipinski definition) is 0. The zero-order valence-electron chi connectivity index (χ0n) is 14.0. The second kappa shape index (κ2) is 6.88. The van der Waals surface area contributed by atoms with Crippen molar-refractivity contribution in [2.45, 2.75) is 78.2 Å². The van der Waals surface area contributed by atoms with Crippen LogP contribution >= 0.6 is 0 Å². The zero-order valence-corrected chi connectivity index (χ0v) is 16.3. The Labute approximate surface area is 122 Å². The summed E-state index contributed by atoms with van der Waals surface area (Å²) in [7, 11) is -1.67. The van der Waals surface area contributed by atoms with Gasteiger partial charge >= 0.3 is 0 Å². The fourth-order valence-electron chi connectivity index (χ4n) is 3.05. The van der Waals surface area contributed by atoms with Crippen LogP contribution in [0.5, 0.6) is 0 Å². The summed E-state index contributed by atoms with van der Waals surface area (Å²) in [5.74, 6) is 0. The van der Waals surface area contributed by atoms with Gasteiger partial charge in [-0.05, 0) is 20.8 Å². The van der Waals surface area contributed by atoms with Gasteiger partial charge in [0.1, 0.15) is 8.80 Å². The van der Waals surface area contributed by atoms with Crippen molar-refractivity contribution in [3.05, 3.63) is 6.20 Å². The molecule has 0 aliphatic carbocycles. The molecular weight excluding hydrogens is 264 g/mol. The summed E-state index contributed by atoms with van der Waals surface area (Å²) in [4.78, 5) is 4.90. The molecule has 0 fully saturated rings. The van der Waals surface area contributed by atoms with Gasteiger partial charge in [-0.2, -0.15) is 0 Å². The van der Waals surface area contributed by atoms with Gasteiger partial charge in [0.05, 0.1) is 14.2 Å². The minimum atomic E-state index is -0.858. The molecule has 1 aromatic heterocycles. The molecule has 19 heavy (non-hydrogen) atoms. The summed E-state index contributed by atoms with van der Waals surface area (Å²) >= 11 is 0. The van der Waals surface area contributed by atoms with E-state index in [4.69, 9.17) is 4.98 Å². The van der Waals surface area contributed by atoms with Crippen molar-refractivity contribution >= 4 is 28.4 Å². The molecule has 0 bridgehead atoms. The molecule has 1 heterocycles. The van der Waals surface area contributed by atoms with Gasteiger partial charge in [0.25, 0.3) is 0 Å². The molecule has 0 saturated heterocycles. The summed E-state index contributed by atoms with van der Waals surface area (Å²) in [5, 5.41) is 1.60. The van der Waals surface area contributed by atoms with Gasteiger partial charge in [-0.15, -0.1) is 0 Å². The number of rotatable bonds is 6. The van der Waals surface area contributed by atoms with E-state index in [-0.39, 0.29) is 5.54 Å². The van der Waals surface area contributed by atoms with E-state index in [2.05, 4.69) is 59.2 Å². The highest BCUT2D eigenvalue weighted by molar-refractivity contribution is 6.75. The first-order valence-electron chi connectivity index (χ1n) is 7.98. The lowest BCUT2D eigenvalue weighted by Gasteiger charge is -2.30. The van der Waals surface area contributed by atoms with Crippen LogP contribution in [-0.4, -0.2) is 27.1 Å². The van der Waals surface area contributed by atoms with E-state index >= 15 is 0 Å². The van der Waals surface area contributed by atoms with Gasteiger partial charge < -0.3 is 4.57 Å². The van der Waals surface area contributed by atoms with Crippen molar-refractivity contribution in [1.29, 1.82) is 0 Å². The van der Waals surface area contributed by atoms with Crippen LogP contribution < -0.4 is 10.8 Å². The third kappa shape index (κ3) is 3.60. The maximum absolute atomic E-state index is 4.90. The number of aromatic nitrogens is 2. The van der Waals surface area contributed by atoms with E-state index in [0.29, 0.717) is 0 Å². The molecule has 0 aromatic carbocycles. The molecule has 0 aliphatic rings. The molecule has 0 N–H and O–H groups in total. The number of imidazole rings is 1. The summed E-state index contributed by atoms with van der Waals surface area (Å²) in [6.07, 6.45) is 2.23. The lowest BCUT2D eigenvalue weighted by molar-refractivity contribution is 0.413. The first-order valence-corrected chi connectivity index (χ1v) is 12.4. The predicted molar refractivity (Wildman–Crippen MR) is 92.7 cm³/mol. The lowest BCUT2D eigenvalue weighted by atomic mass is 10.1. The normalized spacial score (nSPS) is 12.7. The highest BCUT2D eigenvalue weighted by atomic mass is 28.3. The van der Waals surface area contributed by atoms with E-state index in [1.165, 1.54) is 29.6 Å². The Morgan fingerprint density at radius 2 is 1.42 bits per heavy atom. The molecule has 0 radical (unpaired) electrons. The summed E-state index contributed by atoms with van der Waals surface area (Å²) in [5.41, 5.74) is 1.65. The van der Waals surface area contributed by atoms with Crippen LogP contribution in [0.25, 0.3) is 0 Å². The molecule has 2 nitrogen and oxygen atoms in total. The summed E-state index contributed by atoms with van der Waals surface area (Å²) < 4.78 is 2.64. The fourth-order valence-corrected chi connectivity index (χ4v) is 8.28. The zero-order chi connectivity index (χ0) is 14.6. The minimum absolute atomic E-state index is 0.187. The molecule has 0 spiro atoms. The Kier molecular flexibility index (Phi) is 6.05. The van der Waals surface area contributed by atoms with Gasteiger partial charge in [-0.1, -0.05) is 51.9 Å². The Balaban J connectivity index is 3.35. The van der Waals surface area contributed by atoms with Crippen LogP contribution in [0, 0.1) is 0 Å². The van der Waals surface area contributed by atoms with Crippen molar-refractivity contribution in [3.63, 3.8) is 0 Å². The van der Waals surface area contributed by atoms with E-state index in [1.807, 2.05) is 0 Å². The van der Waals surface area contributed by atoms with E-state index in [9.17, 15) is 0 Å². The Bertz CT molecular complexity index is 356. The van der Waals surface area contributed by atoms with Crippen LogP contribution in [0.4, 0.5) is 0 Å². The molecule has 4 heteroatoms. The van der Waals surface area contributed by atoms with Gasteiger partial charge in [0, 0.05) is 17.1 Å². The van der Waals surface area contributed by atoms with E-state index in [0.717, 1.165) is 0 Å². The lowest BCUT2D eigenvalue weighted by Crippen LogP contribution is -2.50. The first kappa shape index (κ1) is 16.7. The molecule has 1 rings (SSSR count). The van der Waals surface area contributed by atoms with Crippen molar-refractivity contribution in [1.82, 2.24) is 9.55 Å². The van der Waals surface area contributed by atoms with Gasteiger partial charge in [-0.25, -0.2) is 4.98 Å². The number of nitrogens with zero attached hydrogens (tertiary/aromatic N) is 2. The number of hydrogen-bond acceptors (Lipinski definition) is 1. The minimum Gasteiger partial charge on any atom is -0.335 e. The third-order valence-electron chi connectivity index (χ3n) is 4.24. The summed E-state index contributed by atoms with van der Waals surface area (Å²) in [6, 6.07) is 5.35. The van der Waals surface area contributed by atoms with Crippen molar-refractivity contribution in [2.75, 3.05) is 0 Å². The van der Waals surface area contributed by atoms with Crippen molar-refractivity contribution < 1.29 is 0 Å². The van der Waals surface area contributed by atoms with E-state index < -0.39 is 17.6 Å². The van der Waals surface area contributed by atoms with Crippen molar-refractivity contribution in [3.8, 4) is 0 Å². The molecule has 0 amide bonds. The second-order valence-corrected chi connectivity index (χ2v) is 13.7. The van der Waals surface area contributed by atoms with Crippen LogP contribution in [0.1, 0.15) is 48.5 Å². The van der Waals surface area contributed by atoms with Crippen LogP contribution in [0.15, 0.2) is 6.20 Å². The van der Waals surface area contributed by atoms with Crippen molar-refractivity contribution in [2.24, 2.45) is 0 Å². The Morgan fingerprint density at radius 1 is 0.947 bits per heavy atom. The fraction of sp³-hybridized carbons (Fsp3) is 0.800. The standard InChI is InChI=1S/C15H32N2Si2/c1-8-18(9-2)13-12-16-14(19(10-3)11-4)17(13)15(5,6)7/h12,18-19H,8-11H2,1-7H3. The molecule has 0 atom stereocenters. The summed E-state index contributed by atoms with van der Waals surface area (Å²) in [6.45, 7) is 16.4. The average Bonchev–Trinajstić information content (AvgIpc) is 2.77. The Hall–Kier alpha value is -0.356. The maximum Gasteiger partial charge on any atom is 0.116 e. The molecule has 0 aliphatic heterocycles.